The van der Waals surface area contributed by atoms with Gasteiger partial charge >= 0.3 is 0 Å². The molecule has 0 spiro atoms. The van der Waals surface area contributed by atoms with Crippen molar-refractivity contribution in [3.8, 4) is 0 Å². The third kappa shape index (κ3) is 4.90. The van der Waals surface area contributed by atoms with Crippen molar-refractivity contribution in [2.24, 2.45) is 15.9 Å². The molecule has 1 N–H and O–H groups in total. The Morgan fingerprint density at radius 3 is 2.47 bits per heavy atom. The fourth-order valence-electron chi connectivity index (χ4n) is 0.906. The number of nitrogens with one attached hydrogen (secondary N) is 1. The number of nitrogens with zero attached hydrogens (tertiary/aromatic N) is 2. The van der Waals surface area contributed by atoms with E-state index in [9.17, 15) is 4.79 Å². The van der Waals surface area contributed by atoms with Crippen molar-refractivity contribution in [1.29, 1.82) is 0 Å². The second-order valence-electron chi connectivity index (χ2n) is 3.50. The van der Waals surface area contributed by atoms with E-state index in [1.54, 1.807) is 6.92 Å². The van der Waals surface area contributed by atoms with Crippen molar-refractivity contribution in [2.45, 2.75) is 19.8 Å². The van der Waals surface area contributed by atoms with Crippen molar-refractivity contribution in [2.75, 3.05) is 0 Å². The van der Waals surface area contributed by atoms with Gasteiger partial charge in [-0.25, -0.2) is 4.99 Å². The lowest BCUT2D eigenvalue weighted by Crippen LogP contribution is -2.22. The minimum atomic E-state index is 0.00832. The Morgan fingerprint density at radius 2 is 1.93 bits per heavy atom. The Kier molecular flexibility index (Phi) is 3.97. The van der Waals surface area contributed by atoms with Crippen LogP contribution in [-0.4, -0.2) is 18.3 Å². The molecule has 0 aliphatic heterocycles. The van der Waals surface area contributed by atoms with Crippen LogP contribution in [0.25, 0.3) is 0 Å². The number of hydrogen-bond donors (Lipinski definition) is 1. The third-order valence-corrected chi connectivity index (χ3v) is 1.81. The molecular weight excluding hydrogens is 190 g/mol. The molecule has 0 bridgehead atoms. The van der Waals surface area contributed by atoms with Gasteiger partial charge in [0.1, 0.15) is 5.82 Å². The normalized spacial score (nSPS) is 15.8. The molecule has 15 heavy (non-hydrogen) atoms. The largest absolute Gasteiger partial charge is 0.311 e. The van der Waals surface area contributed by atoms with Crippen molar-refractivity contribution < 1.29 is 4.79 Å². The smallest absolute Gasteiger partial charge is 0.228 e. The zero-order chi connectivity index (χ0) is 11.3. The van der Waals surface area contributed by atoms with Crippen LogP contribution in [0.15, 0.2) is 34.7 Å². The highest BCUT2D eigenvalue weighted by atomic mass is 16.2. The second kappa shape index (κ2) is 5.24. The average Bonchev–Trinajstić information content (AvgIpc) is 2.94. The Labute approximate surface area is 89.5 Å². The van der Waals surface area contributed by atoms with Crippen molar-refractivity contribution in [1.82, 2.24) is 5.32 Å². The predicted molar refractivity (Wildman–Crippen MR) is 61.8 cm³/mol. The van der Waals surface area contributed by atoms with Gasteiger partial charge in [0.15, 0.2) is 0 Å². The molecule has 0 aromatic heterocycles. The second-order valence-corrected chi connectivity index (χ2v) is 3.50. The molecule has 1 amide bonds. The Balaban J connectivity index is 2.28. The summed E-state index contributed by atoms with van der Waals surface area (Å²) in [4.78, 5) is 19.1. The SMILES string of the molecule is C=C(C)/N=C\C=N\C(=C)NC(=O)C1CC1. The molecule has 0 radical (unpaired) electrons. The lowest BCUT2D eigenvalue weighted by atomic mass is 10.4. The standard InChI is InChI=1S/C11H15N3O/c1-8(2)12-6-7-13-9(3)14-11(15)10-4-5-10/h6-7,10H,1,3-5H2,2H3,(H,14,15)/b12-6-,13-7+. The maximum Gasteiger partial charge on any atom is 0.228 e. The molecule has 0 saturated heterocycles. The summed E-state index contributed by atoms with van der Waals surface area (Å²) in [6.07, 6.45) is 4.93. The topological polar surface area (TPSA) is 53.8 Å². The number of carbonyl (C=O) groups excluding carboxylic acids is 1. The third-order valence-electron chi connectivity index (χ3n) is 1.81. The van der Waals surface area contributed by atoms with Gasteiger partial charge < -0.3 is 5.32 Å². The van der Waals surface area contributed by atoms with E-state index >= 15 is 0 Å². The van der Waals surface area contributed by atoms with Crippen LogP contribution in [0.5, 0.6) is 0 Å². The minimum absolute atomic E-state index is 0.00832. The van der Waals surface area contributed by atoms with Crippen LogP contribution < -0.4 is 5.32 Å². The zero-order valence-corrected chi connectivity index (χ0v) is 8.86. The average molecular weight is 205 g/mol. The number of hydrogen-bond acceptors (Lipinski definition) is 3. The molecule has 80 valence electrons. The summed E-state index contributed by atoms with van der Waals surface area (Å²) in [5.41, 5.74) is 0.703. The van der Waals surface area contributed by atoms with Gasteiger partial charge in [0.25, 0.3) is 0 Å². The molecule has 0 unspecified atom stereocenters. The molecule has 4 nitrogen and oxygen atoms in total. The first-order valence-electron chi connectivity index (χ1n) is 4.81. The first-order chi connectivity index (χ1) is 7.09. The van der Waals surface area contributed by atoms with Gasteiger partial charge in [-0.15, -0.1) is 0 Å². The molecule has 0 aromatic rings. The van der Waals surface area contributed by atoms with Gasteiger partial charge in [0.2, 0.25) is 5.91 Å². The van der Waals surface area contributed by atoms with Crippen molar-refractivity contribution >= 4 is 18.3 Å². The maximum absolute atomic E-state index is 11.3. The Morgan fingerprint density at radius 1 is 1.33 bits per heavy atom. The molecular formula is C11H15N3O. The first kappa shape index (κ1) is 11.4. The summed E-state index contributed by atoms with van der Waals surface area (Å²) in [6, 6.07) is 0. The van der Waals surface area contributed by atoms with E-state index in [4.69, 9.17) is 0 Å². The zero-order valence-electron chi connectivity index (χ0n) is 8.86. The molecule has 1 aliphatic rings. The molecule has 4 heteroatoms. The van der Waals surface area contributed by atoms with Gasteiger partial charge in [-0.3, -0.25) is 9.79 Å². The highest BCUT2D eigenvalue weighted by molar-refractivity contribution is 6.16. The van der Waals surface area contributed by atoms with Crippen LogP contribution in [0, 0.1) is 5.92 Å². The fraction of sp³-hybridized carbons (Fsp3) is 0.364. The minimum Gasteiger partial charge on any atom is -0.311 e. The van der Waals surface area contributed by atoms with Gasteiger partial charge in [-0.2, -0.15) is 0 Å². The highest BCUT2D eigenvalue weighted by Crippen LogP contribution is 2.28. The highest BCUT2D eigenvalue weighted by Gasteiger charge is 2.29. The van der Waals surface area contributed by atoms with E-state index in [2.05, 4.69) is 28.5 Å². The lowest BCUT2D eigenvalue weighted by Gasteiger charge is -2.00. The van der Waals surface area contributed by atoms with Crippen molar-refractivity contribution in [3.05, 3.63) is 24.7 Å². The summed E-state index contributed by atoms with van der Waals surface area (Å²) in [6.45, 7) is 8.99. The number of aliphatic imine (C=N–C) groups is 2. The van der Waals surface area contributed by atoms with Crippen LogP contribution in [0.2, 0.25) is 0 Å². The monoisotopic (exact) mass is 205 g/mol. The van der Waals surface area contributed by atoms with Crippen LogP contribution in [0.1, 0.15) is 19.8 Å². The van der Waals surface area contributed by atoms with E-state index in [-0.39, 0.29) is 11.8 Å². The Hall–Kier alpha value is -1.71. The van der Waals surface area contributed by atoms with Gasteiger partial charge in [-0.1, -0.05) is 13.2 Å². The number of allylic oxidation sites excluding steroid dienone is 1. The first-order valence-corrected chi connectivity index (χ1v) is 4.81. The van der Waals surface area contributed by atoms with E-state index < -0.39 is 0 Å². The van der Waals surface area contributed by atoms with E-state index in [0.717, 1.165) is 12.8 Å². The predicted octanol–water partition coefficient (Wildman–Crippen LogP) is 1.66. The van der Waals surface area contributed by atoms with E-state index in [0.29, 0.717) is 11.5 Å². The molecule has 0 atom stereocenters. The van der Waals surface area contributed by atoms with Crippen LogP contribution >= 0.6 is 0 Å². The molecule has 1 aliphatic carbocycles. The lowest BCUT2D eigenvalue weighted by molar-refractivity contribution is -0.121. The number of amides is 1. The number of carbonyl (C=O) groups is 1. The van der Waals surface area contributed by atoms with Crippen LogP contribution in [0.4, 0.5) is 0 Å². The van der Waals surface area contributed by atoms with E-state index in [1.807, 2.05) is 0 Å². The van der Waals surface area contributed by atoms with Crippen LogP contribution in [-0.2, 0) is 4.79 Å². The van der Waals surface area contributed by atoms with Gasteiger partial charge in [0, 0.05) is 24.0 Å². The summed E-state index contributed by atoms with van der Waals surface area (Å²) < 4.78 is 0. The number of rotatable bonds is 5. The molecule has 1 fully saturated rings. The van der Waals surface area contributed by atoms with Gasteiger partial charge in [0.05, 0.1) is 0 Å². The van der Waals surface area contributed by atoms with Crippen molar-refractivity contribution in [3.63, 3.8) is 0 Å². The fourth-order valence-corrected chi connectivity index (χ4v) is 0.906. The quantitative estimate of drug-likeness (QED) is 0.682. The molecule has 0 aromatic carbocycles. The summed E-state index contributed by atoms with van der Waals surface area (Å²) in [7, 11) is 0. The summed E-state index contributed by atoms with van der Waals surface area (Å²) in [5, 5.41) is 2.61. The van der Waals surface area contributed by atoms with E-state index in [1.165, 1.54) is 12.4 Å². The molecule has 0 heterocycles. The summed E-state index contributed by atoms with van der Waals surface area (Å²) >= 11 is 0. The maximum atomic E-state index is 11.3. The van der Waals surface area contributed by atoms with Crippen LogP contribution in [0.3, 0.4) is 0 Å². The molecule has 1 saturated carbocycles. The Bertz CT molecular complexity index is 338. The molecule has 1 rings (SSSR count). The van der Waals surface area contributed by atoms with Gasteiger partial charge in [-0.05, 0) is 19.8 Å². The summed E-state index contributed by atoms with van der Waals surface area (Å²) in [5.74, 6) is 0.523.